The van der Waals surface area contributed by atoms with E-state index in [1.807, 2.05) is 25.1 Å². The second-order valence-electron chi connectivity index (χ2n) is 5.13. The number of fused-ring (bicyclic) bond motifs is 1. The Kier molecular flexibility index (Phi) is 5.93. The van der Waals surface area contributed by atoms with Crippen molar-refractivity contribution >= 4 is 11.1 Å². The SMILES string of the molecule is CCCCc1nc2ccc(COCC(=CF)CC)cc2o1. The van der Waals surface area contributed by atoms with Gasteiger partial charge in [0.15, 0.2) is 11.5 Å². The minimum absolute atomic E-state index is 0.323. The van der Waals surface area contributed by atoms with Crippen LogP contribution in [0.1, 0.15) is 44.6 Å². The van der Waals surface area contributed by atoms with Crippen molar-refractivity contribution in [3.05, 3.63) is 41.6 Å². The summed E-state index contributed by atoms with van der Waals surface area (Å²) in [5.41, 5.74) is 3.34. The molecular weight excluding hydrogens is 269 g/mol. The Morgan fingerprint density at radius 2 is 2.24 bits per heavy atom. The zero-order chi connectivity index (χ0) is 15.1. The predicted molar refractivity (Wildman–Crippen MR) is 81.8 cm³/mol. The fraction of sp³-hybridized carbons (Fsp3) is 0.471. The summed E-state index contributed by atoms with van der Waals surface area (Å²) in [5, 5.41) is 0. The first kappa shape index (κ1) is 15.7. The van der Waals surface area contributed by atoms with E-state index in [1.54, 1.807) is 0 Å². The monoisotopic (exact) mass is 291 g/mol. The van der Waals surface area contributed by atoms with Gasteiger partial charge in [-0.1, -0.05) is 26.3 Å². The summed E-state index contributed by atoms with van der Waals surface area (Å²) < 4.78 is 23.7. The molecule has 1 aromatic heterocycles. The number of hydrogen-bond acceptors (Lipinski definition) is 3. The number of halogens is 1. The highest BCUT2D eigenvalue weighted by molar-refractivity contribution is 5.73. The van der Waals surface area contributed by atoms with Gasteiger partial charge in [0.05, 0.1) is 19.5 Å². The average Bonchev–Trinajstić information content (AvgIpc) is 2.91. The van der Waals surface area contributed by atoms with Crippen LogP contribution in [-0.4, -0.2) is 11.6 Å². The summed E-state index contributed by atoms with van der Waals surface area (Å²) in [6, 6.07) is 5.86. The topological polar surface area (TPSA) is 35.3 Å². The summed E-state index contributed by atoms with van der Waals surface area (Å²) in [6.07, 6.45) is 4.37. The van der Waals surface area contributed by atoms with E-state index in [0.29, 0.717) is 31.5 Å². The first-order valence-corrected chi connectivity index (χ1v) is 7.51. The van der Waals surface area contributed by atoms with E-state index < -0.39 is 0 Å². The lowest BCUT2D eigenvalue weighted by Crippen LogP contribution is -1.98. The number of ether oxygens (including phenoxy) is 1. The van der Waals surface area contributed by atoms with Gasteiger partial charge in [0, 0.05) is 6.42 Å². The van der Waals surface area contributed by atoms with Crippen molar-refractivity contribution in [2.75, 3.05) is 6.61 Å². The van der Waals surface area contributed by atoms with Crippen LogP contribution in [-0.2, 0) is 17.8 Å². The standard InChI is InChI=1S/C17H22FNO2/c1-3-5-6-17-19-15-8-7-14(9-16(15)21-17)12-20-11-13(4-2)10-18/h7-10H,3-6,11-12H2,1-2H3. The Hall–Kier alpha value is -1.68. The highest BCUT2D eigenvalue weighted by Gasteiger charge is 2.06. The van der Waals surface area contributed by atoms with E-state index in [2.05, 4.69) is 11.9 Å². The van der Waals surface area contributed by atoms with Crippen molar-refractivity contribution in [2.24, 2.45) is 0 Å². The van der Waals surface area contributed by atoms with Crippen molar-refractivity contribution in [2.45, 2.75) is 46.1 Å². The van der Waals surface area contributed by atoms with Crippen LogP contribution in [0.25, 0.3) is 11.1 Å². The third kappa shape index (κ3) is 4.39. The Bertz CT molecular complexity index is 604. The van der Waals surface area contributed by atoms with E-state index in [1.165, 1.54) is 0 Å². The quantitative estimate of drug-likeness (QED) is 0.690. The van der Waals surface area contributed by atoms with Crippen LogP contribution in [0.15, 0.2) is 34.5 Å². The molecule has 1 aromatic carbocycles. The van der Waals surface area contributed by atoms with Crippen molar-refractivity contribution in [3.8, 4) is 0 Å². The third-order valence-corrected chi connectivity index (χ3v) is 3.41. The second kappa shape index (κ2) is 7.93. The first-order valence-electron chi connectivity index (χ1n) is 7.51. The maximum atomic E-state index is 12.4. The lowest BCUT2D eigenvalue weighted by Gasteiger charge is -2.05. The summed E-state index contributed by atoms with van der Waals surface area (Å²) >= 11 is 0. The molecular formula is C17H22FNO2. The fourth-order valence-corrected chi connectivity index (χ4v) is 2.05. The van der Waals surface area contributed by atoms with Gasteiger partial charge in [-0.15, -0.1) is 0 Å². The fourth-order valence-electron chi connectivity index (χ4n) is 2.05. The van der Waals surface area contributed by atoms with Crippen LogP contribution >= 0.6 is 0 Å². The molecule has 0 aliphatic rings. The molecule has 114 valence electrons. The van der Waals surface area contributed by atoms with Gasteiger partial charge in [-0.3, -0.25) is 0 Å². The molecule has 0 aliphatic carbocycles. The Morgan fingerprint density at radius 3 is 2.95 bits per heavy atom. The highest BCUT2D eigenvalue weighted by Crippen LogP contribution is 2.19. The molecule has 0 radical (unpaired) electrons. The molecule has 0 aliphatic heterocycles. The summed E-state index contributed by atoms with van der Waals surface area (Å²) in [6.45, 7) is 4.82. The van der Waals surface area contributed by atoms with Crippen LogP contribution in [0.3, 0.4) is 0 Å². The molecule has 2 aromatic rings. The molecule has 1 heterocycles. The zero-order valence-corrected chi connectivity index (χ0v) is 12.7. The van der Waals surface area contributed by atoms with Crippen LogP contribution < -0.4 is 0 Å². The van der Waals surface area contributed by atoms with E-state index in [4.69, 9.17) is 9.15 Å². The lowest BCUT2D eigenvalue weighted by atomic mass is 10.2. The highest BCUT2D eigenvalue weighted by atomic mass is 19.1. The zero-order valence-electron chi connectivity index (χ0n) is 12.7. The van der Waals surface area contributed by atoms with Crippen molar-refractivity contribution in [1.29, 1.82) is 0 Å². The van der Waals surface area contributed by atoms with Crippen LogP contribution in [0, 0.1) is 0 Å². The van der Waals surface area contributed by atoms with Gasteiger partial charge < -0.3 is 9.15 Å². The molecule has 0 amide bonds. The minimum atomic E-state index is 0.323. The van der Waals surface area contributed by atoms with Gasteiger partial charge in [-0.2, -0.15) is 0 Å². The van der Waals surface area contributed by atoms with Gasteiger partial charge >= 0.3 is 0 Å². The van der Waals surface area contributed by atoms with E-state index in [0.717, 1.165) is 41.8 Å². The number of aryl methyl sites for hydroxylation is 1. The van der Waals surface area contributed by atoms with E-state index in [9.17, 15) is 4.39 Å². The Labute approximate surface area is 124 Å². The van der Waals surface area contributed by atoms with Gasteiger partial charge in [-0.25, -0.2) is 9.37 Å². The van der Waals surface area contributed by atoms with Crippen LogP contribution in [0.5, 0.6) is 0 Å². The van der Waals surface area contributed by atoms with Crippen LogP contribution in [0.2, 0.25) is 0 Å². The van der Waals surface area contributed by atoms with Crippen LogP contribution in [0.4, 0.5) is 4.39 Å². The molecule has 2 rings (SSSR count). The lowest BCUT2D eigenvalue weighted by molar-refractivity contribution is 0.140. The number of aromatic nitrogens is 1. The summed E-state index contributed by atoms with van der Waals surface area (Å²) in [7, 11) is 0. The maximum Gasteiger partial charge on any atom is 0.195 e. The van der Waals surface area contributed by atoms with E-state index >= 15 is 0 Å². The Balaban J connectivity index is 1.98. The number of benzene rings is 1. The summed E-state index contributed by atoms with van der Waals surface area (Å²) in [5.74, 6) is 0.790. The van der Waals surface area contributed by atoms with E-state index in [-0.39, 0.29) is 0 Å². The smallest absolute Gasteiger partial charge is 0.195 e. The third-order valence-electron chi connectivity index (χ3n) is 3.41. The molecule has 4 heteroatoms. The molecule has 0 bridgehead atoms. The van der Waals surface area contributed by atoms with Crippen molar-refractivity contribution in [3.63, 3.8) is 0 Å². The predicted octanol–water partition coefficient (Wildman–Crippen LogP) is 4.95. The van der Waals surface area contributed by atoms with Gasteiger partial charge in [0.25, 0.3) is 0 Å². The van der Waals surface area contributed by atoms with Gasteiger partial charge in [-0.05, 0) is 36.1 Å². The maximum absolute atomic E-state index is 12.4. The normalized spacial score (nSPS) is 12.2. The average molecular weight is 291 g/mol. The largest absolute Gasteiger partial charge is 0.441 e. The van der Waals surface area contributed by atoms with Gasteiger partial charge in [0.2, 0.25) is 0 Å². The molecule has 0 saturated heterocycles. The van der Waals surface area contributed by atoms with Crippen molar-refractivity contribution in [1.82, 2.24) is 4.98 Å². The first-order chi connectivity index (χ1) is 10.3. The summed E-state index contributed by atoms with van der Waals surface area (Å²) in [4.78, 5) is 4.46. The molecule has 0 spiro atoms. The number of hydrogen-bond donors (Lipinski definition) is 0. The number of oxazole rings is 1. The second-order valence-corrected chi connectivity index (χ2v) is 5.13. The molecule has 0 unspecified atom stereocenters. The number of rotatable bonds is 8. The molecule has 0 saturated carbocycles. The number of nitrogens with zero attached hydrogens (tertiary/aromatic N) is 1. The number of unbranched alkanes of at least 4 members (excludes halogenated alkanes) is 1. The molecule has 0 N–H and O–H groups in total. The van der Waals surface area contributed by atoms with Crippen molar-refractivity contribution < 1.29 is 13.5 Å². The molecule has 3 nitrogen and oxygen atoms in total. The van der Waals surface area contributed by atoms with Gasteiger partial charge in [0.1, 0.15) is 5.52 Å². The Morgan fingerprint density at radius 1 is 1.38 bits per heavy atom. The molecule has 0 fully saturated rings. The molecule has 0 atom stereocenters. The molecule has 21 heavy (non-hydrogen) atoms. The minimum Gasteiger partial charge on any atom is -0.441 e.